The molecule has 1 aliphatic heterocycles. The fourth-order valence-electron chi connectivity index (χ4n) is 1.56. The zero-order valence-electron chi connectivity index (χ0n) is 8.31. The third-order valence-corrected chi connectivity index (χ3v) is 2.25. The van der Waals surface area contributed by atoms with Crippen LogP contribution in [0.5, 0.6) is 0 Å². The summed E-state index contributed by atoms with van der Waals surface area (Å²) >= 11 is 0. The highest BCUT2D eigenvalue weighted by Crippen LogP contribution is 2.05. The number of hydrogen-bond acceptors (Lipinski definition) is 2. The fraction of sp³-hybridized carbons (Fsp3) is 0.889. The first-order valence-electron chi connectivity index (χ1n) is 5.07. The van der Waals surface area contributed by atoms with Gasteiger partial charge >= 0.3 is 6.03 Å². The standard InChI is InChI=1S/C9H19N3O/c1-2-10-9(13)11-5-8-12-6-3-4-7-12/h2-8H2,1H3,(H2,10,11,13). The number of carbonyl (C=O) groups excluding carboxylic acids is 1. The van der Waals surface area contributed by atoms with Gasteiger partial charge in [0.15, 0.2) is 0 Å². The van der Waals surface area contributed by atoms with E-state index in [0.717, 1.165) is 13.1 Å². The minimum atomic E-state index is -0.0540. The summed E-state index contributed by atoms with van der Waals surface area (Å²) in [7, 11) is 0. The van der Waals surface area contributed by atoms with Crippen LogP contribution >= 0.6 is 0 Å². The predicted molar refractivity (Wildman–Crippen MR) is 52.7 cm³/mol. The van der Waals surface area contributed by atoms with Gasteiger partial charge in [-0.05, 0) is 32.9 Å². The molecular weight excluding hydrogens is 166 g/mol. The van der Waals surface area contributed by atoms with Crippen LogP contribution in [0.2, 0.25) is 0 Å². The lowest BCUT2D eigenvalue weighted by atomic mass is 10.4. The van der Waals surface area contributed by atoms with E-state index < -0.39 is 0 Å². The van der Waals surface area contributed by atoms with E-state index in [4.69, 9.17) is 0 Å². The molecule has 0 aromatic carbocycles. The Morgan fingerprint density at radius 1 is 1.31 bits per heavy atom. The van der Waals surface area contributed by atoms with Crippen molar-refractivity contribution in [1.82, 2.24) is 15.5 Å². The Balaban J connectivity index is 1.96. The van der Waals surface area contributed by atoms with E-state index in [1.54, 1.807) is 0 Å². The highest BCUT2D eigenvalue weighted by molar-refractivity contribution is 5.73. The third-order valence-electron chi connectivity index (χ3n) is 2.25. The number of hydrogen-bond donors (Lipinski definition) is 2. The quantitative estimate of drug-likeness (QED) is 0.666. The maximum absolute atomic E-state index is 11.0. The predicted octanol–water partition coefficient (Wildman–Crippen LogP) is 0.401. The normalized spacial score (nSPS) is 17.3. The van der Waals surface area contributed by atoms with Crippen molar-refractivity contribution in [2.45, 2.75) is 19.8 Å². The molecule has 0 aromatic heterocycles. The summed E-state index contributed by atoms with van der Waals surface area (Å²) in [5.74, 6) is 0. The smallest absolute Gasteiger partial charge is 0.314 e. The Labute approximate surface area is 79.7 Å². The second-order valence-corrected chi connectivity index (χ2v) is 3.33. The molecule has 0 aromatic rings. The van der Waals surface area contributed by atoms with E-state index in [-0.39, 0.29) is 6.03 Å². The Morgan fingerprint density at radius 2 is 2.00 bits per heavy atom. The van der Waals surface area contributed by atoms with Crippen LogP contribution in [0.1, 0.15) is 19.8 Å². The first-order valence-corrected chi connectivity index (χ1v) is 5.07. The van der Waals surface area contributed by atoms with Gasteiger partial charge in [-0.15, -0.1) is 0 Å². The maximum atomic E-state index is 11.0. The molecule has 2 N–H and O–H groups in total. The van der Waals surface area contributed by atoms with Gasteiger partial charge < -0.3 is 15.5 Å². The molecule has 4 nitrogen and oxygen atoms in total. The van der Waals surface area contributed by atoms with Gasteiger partial charge in [-0.25, -0.2) is 4.79 Å². The molecule has 0 aliphatic carbocycles. The average Bonchev–Trinajstić information content (AvgIpc) is 2.57. The number of rotatable bonds is 4. The molecule has 1 rings (SSSR count). The van der Waals surface area contributed by atoms with Crippen LogP contribution in [0.25, 0.3) is 0 Å². The van der Waals surface area contributed by atoms with Crippen LogP contribution in [0, 0.1) is 0 Å². The lowest BCUT2D eigenvalue weighted by molar-refractivity contribution is 0.239. The summed E-state index contributed by atoms with van der Waals surface area (Å²) < 4.78 is 0. The van der Waals surface area contributed by atoms with Gasteiger partial charge in [-0.1, -0.05) is 0 Å². The van der Waals surface area contributed by atoms with E-state index >= 15 is 0 Å². The van der Waals surface area contributed by atoms with Gasteiger partial charge in [0.05, 0.1) is 0 Å². The van der Waals surface area contributed by atoms with Crippen LogP contribution in [0.15, 0.2) is 0 Å². The molecule has 76 valence electrons. The summed E-state index contributed by atoms with van der Waals surface area (Å²) in [5.41, 5.74) is 0. The molecule has 1 saturated heterocycles. The average molecular weight is 185 g/mol. The third kappa shape index (κ3) is 4.12. The molecule has 0 atom stereocenters. The summed E-state index contributed by atoms with van der Waals surface area (Å²) in [6, 6.07) is -0.0540. The molecular formula is C9H19N3O. The Kier molecular flexibility index (Phi) is 4.60. The van der Waals surface area contributed by atoms with Crippen molar-refractivity contribution in [3.8, 4) is 0 Å². The fourth-order valence-corrected chi connectivity index (χ4v) is 1.56. The SMILES string of the molecule is CCNC(=O)NCCN1CCCC1. The van der Waals surface area contributed by atoms with Crippen LogP contribution in [-0.2, 0) is 0 Å². The Morgan fingerprint density at radius 3 is 2.62 bits per heavy atom. The van der Waals surface area contributed by atoms with Crippen molar-refractivity contribution in [1.29, 1.82) is 0 Å². The molecule has 4 heteroatoms. The second-order valence-electron chi connectivity index (χ2n) is 3.33. The number of nitrogens with one attached hydrogen (secondary N) is 2. The second kappa shape index (κ2) is 5.80. The van der Waals surface area contributed by atoms with Crippen LogP contribution < -0.4 is 10.6 Å². The number of urea groups is 1. The highest BCUT2D eigenvalue weighted by Gasteiger charge is 2.10. The number of likely N-dealkylation sites (tertiary alicyclic amines) is 1. The lowest BCUT2D eigenvalue weighted by Crippen LogP contribution is -2.39. The minimum absolute atomic E-state index is 0.0540. The topological polar surface area (TPSA) is 44.4 Å². The van der Waals surface area contributed by atoms with Gasteiger partial charge in [0.25, 0.3) is 0 Å². The largest absolute Gasteiger partial charge is 0.338 e. The molecule has 2 amide bonds. The first-order chi connectivity index (χ1) is 6.33. The summed E-state index contributed by atoms with van der Waals surface area (Å²) in [6.07, 6.45) is 2.61. The Hall–Kier alpha value is -0.770. The van der Waals surface area contributed by atoms with Crippen LogP contribution in [0.4, 0.5) is 4.79 Å². The van der Waals surface area contributed by atoms with Gasteiger partial charge in [0.1, 0.15) is 0 Å². The maximum Gasteiger partial charge on any atom is 0.314 e. The zero-order valence-corrected chi connectivity index (χ0v) is 8.31. The first kappa shape index (κ1) is 10.3. The molecule has 0 radical (unpaired) electrons. The van der Waals surface area contributed by atoms with Crippen molar-refractivity contribution >= 4 is 6.03 Å². The van der Waals surface area contributed by atoms with Crippen LogP contribution in [-0.4, -0.2) is 43.7 Å². The number of nitrogens with zero attached hydrogens (tertiary/aromatic N) is 1. The van der Waals surface area contributed by atoms with Crippen molar-refractivity contribution < 1.29 is 4.79 Å². The highest BCUT2D eigenvalue weighted by atomic mass is 16.2. The molecule has 13 heavy (non-hydrogen) atoms. The summed E-state index contributed by atoms with van der Waals surface area (Å²) in [4.78, 5) is 13.4. The van der Waals surface area contributed by atoms with Crippen molar-refractivity contribution in [2.24, 2.45) is 0 Å². The molecule has 0 saturated carbocycles. The molecule has 0 unspecified atom stereocenters. The van der Waals surface area contributed by atoms with Gasteiger partial charge in [-0.2, -0.15) is 0 Å². The van der Waals surface area contributed by atoms with Gasteiger partial charge in [-0.3, -0.25) is 0 Å². The zero-order chi connectivity index (χ0) is 9.52. The molecule has 0 spiro atoms. The van der Waals surface area contributed by atoms with Crippen molar-refractivity contribution in [3.05, 3.63) is 0 Å². The molecule has 1 aliphatic rings. The summed E-state index contributed by atoms with van der Waals surface area (Å²) in [6.45, 7) is 6.73. The van der Waals surface area contributed by atoms with Crippen LogP contribution in [0.3, 0.4) is 0 Å². The number of amides is 2. The van der Waals surface area contributed by atoms with E-state index in [0.29, 0.717) is 6.54 Å². The van der Waals surface area contributed by atoms with Crippen molar-refractivity contribution in [2.75, 3.05) is 32.7 Å². The van der Waals surface area contributed by atoms with Gasteiger partial charge in [0.2, 0.25) is 0 Å². The minimum Gasteiger partial charge on any atom is -0.338 e. The monoisotopic (exact) mass is 185 g/mol. The lowest BCUT2D eigenvalue weighted by Gasteiger charge is -2.14. The molecule has 1 heterocycles. The summed E-state index contributed by atoms with van der Waals surface area (Å²) in [5, 5.41) is 5.52. The Bertz CT molecular complexity index is 155. The molecule has 1 fully saturated rings. The van der Waals surface area contributed by atoms with E-state index in [1.165, 1.54) is 25.9 Å². The van der Waals surface area contributed by atoms with E-state index in [1.807, 2.05) is 6.92 Å². The van der Waals surface area contributed by atoms with Gasteiger partial charge in [0, 0.05) is 19.6 Å². The van der Waals surface area contributed by atoms with E-state index in [9.17, 15) is 4.79 Å². The number of carbonyl (C=O) groups is 1. The molecule has 0 bridgehead atoms. The van der Waals surface area contributed by atoms with E-state index in [2.05, 4.69) is 15.5 Å². The van der Waals surface area contributed by atoms with Crippen molar-refractivity contribution in [3.63, 3.8) is 0 Å².